The Morgan fingerprint density at radius 3 is 2.58 bits per heavy atom. The second kappa shape index (κ2) is 10.8. The molecular formula is C25H35N5O. The molecule has 2 saturated heterocycles. The van der Waals surface area contributed by atoms with E-state index in [9.17, 15) is 4.79 Å². The van der Waals surface area contributed by atoms with Crippen molar-refractivity contribution in [2.24, 2.45) is 5.92 Å². The Kier molecular flexibility index (Phi) is 7.65. The van der Waals surface area contributed by atoms with Gasteiger partial charge >= 0.3 is 0 Å². The van der Waals surface area contributed by atoms with Crippen molar-refractivity contribution in [3.63, 3.8) is 0 Å². The first-order valence-corrected chi connectivity index (χ1v) is 11.7. The summed E-state index contributed by atoms with van der Waals surface area (Å²) in [6.45, 7) is 8.06. The molecule has 2 aromatic rings. The van der Waals surface area contributed by atoms with E-state index in [2.05, 4.69) is 56.3 Å². The van der Waals surface area contributed by atoms with Crippen molar-refractivity contribution in [3.8, 4) is 0 Å². The number of aromatic nitrogens is 2. The van der Waals surface area contributed by atoms with E-state index >= 15 is 0 Å². The van der Waals surface area contributed by atoms with E-state index < -0.39 is 0 Å². The van der Waals surface area contributed by atoms with Gasteiger partial charge in [0.2, 0.25) is 5.91 Å². The lowest BCUT2D eigenvalue weighted by Gasteiger charge is -2.41. The minimum Gasteiger partial charge on any atom is -0.356 e. The van der Waals surface area contributed by atoms with Crippen LogP contribution >= 0.6 is 0 Å². The van der Waals surface area contributed by atoms with Crippen LogP contribution in [-0.4, -0.2) is 64.4 Å². The molecule has 1 N–H and O–H groups in total. The lowest BCUT2D eigenvalue weighted by Crippen LogP contribution is -2.49. The number of likely N-dealkylation sites (tertiary alicyclic amines) is 2. The summed E-state index contributed by atoms with van der Waals surface area (Å²) in [6.07, 6.45) is 8.88. The predicted octanol–water partition coefficient (Wildman–Crippen LogP) is 2.82. The van der Waals surface area contributed by atoms with Crippen LogP contribution < -0.4 is 5.32 Å². The maximum Gasteiger partial charge on any atom is 0.223 e. The molecule has 0 radical (unpaired) electrons. The van der Waals surface area contributed by atoms with E-state index in [-0.39, 0.29) is 11.8 Å². The van der Waals surface area contributed by atoms with Gasteiger partial charge in [-0.05, 0) is 75.9 Å². The molecule has 0 atom stereocenters. The SMILES string of the molecule is Cc1cccc(CN2CCC(N3CCC(C(=O)NCCc4cccnc4)CC3)CC2)n1. The summed E-state index contributed by atoms with van der Waals surface area (Å²) in [5.41, 5.74) is 3.44. The molecule has 166 valence electrons. The molecule has 31 heavy (non-hydrogen) atoms. The number of rotatable bonds is 7. The van der Waals surface area contributed by atoms with E-state index in [0.29, 0.717) is 12.6 Å². The van der Waals surface area contributed by atoms with Crippen LogP contribution in [0.15, 0.2) is 42.7 Å². The molecule has 2 aliphatic heterocycles. The van der Waals surface area contributed by atoms with Crippen LogP contribution in [0.5, 0.6) is 0 Å². The van der Waals surface area contributed by atoms with E-state index in [4.69, 9.17) is 0 Å². The first kappa shape index (κ1) is 21.9. The lowest BCUT2D eigenvalue weighted by molar-refractivity contribution is -0.126. The number of hydrogen-bond donors (Lipinski definition) is 1. The van der Waals surface area contributed by atoms with Crippen LogP contribution in [0.4, 0.5) is 0 Å². The van der Waals surface area contributed by atoms with Gasteiger partial charge in [-0.3, -0.25) is 19.7 Å². The van der Waals surface area contributed by atoms with Gasteiger partial charge in [0.25, 0.3) is 0 Å². The van der Waals surface area contributed by atoms with Crippen LogP contribution in [0.25, 0.3) is 0 Å². The molecule has 2 aromatic heterocycles. The van der Waals surface area contributed by atoms with E-state index in [1.54, 1.807) is 6.20 Å². The van der Waals surface area contributed by atoms with Crippen LogP contribution in [0, 0.1) is 12.8 Å². The van der Waals surface area contributed by atoms with Gasteiger partial charge in [0, 0.05) is 56.2 Å². The Bertz CT molecular complexity index is 827. The van der Waals surface area contributed by atoms with Gasteiger partial charge in [-0.2, -0.15) is 0 Å². The normalized spacial score (nSPS) is 19.4. The zero-order valence-corrected chi connectivity index (χ0v) is 18.7. The Hall–Kier alpha value is -2.31. The molecular weight excluding hydrogens is 386 g/mol. The van der Waals surface area contributed by atoms with Crippen molar-refractivity contribution in [1.29, 1.82) is 0 Å². The fourth-order valence-electron chi connectivity index (χ4n) is 4.91. The highest BCUT2D eigenvalue weighted by molar-refractivity contribution is 5.78. The van der Waals surface area contributed by atoms with Crippen LogP contribution in [0.1, 0.15) is 42.6 Å². The molecule has 0 spiro atoms. The smallest absolute Gasteiger partial charge is 0.223 e. The zero-order chi connectivity index (χ0) is 21.5. The molecule has 6 nitrogen and oxygen atoms in total. The molecule has 0 bridgehead atoms. The highest BCUT2D eigenvalue weighted by Crippen LogP contribution is 2.24. The fourth-order valence-corrected chi connectivity index (χ4v) is 4.91. The number of nitrogens with zero attached hydrogens (tertiary/aromatic N) is 4. The van der Waals surface area contributed by atoms with Crippen LogP contribution in [-0.2, 0) is 17.8 Å². The number of aryl methyl sites for hydroxylation is 1. The highest BCUT2D eigenvalue weighted by atomic mass is 16.1. The number of amides is 1. The average molecular weight is 422 g/mol. The van der Waals surface area contributed by atoms with Gasteiger partial charge in [-0.15, -0.1) is 0 Å². The van der Waals surface area contributed by atoms with Crippen LogP contribution in [0.2, 0.25) is 0 Å². The Labute approximate surface area is 186 Å². The second-order valence-corrected chi connectivity index (χ2v) is 8.99. The third-order valence-corrected chi connectivity index (χ3v) is 6.74. The van der Waals surface area contributed by atoms with Gasteiger partial charge in [-0.25, -0.2) is 0 Å². The van der Waals surface area contributed by atoms with Crippen molar-refractivity contribution >= 4 is 5.91 Å². The summed E-state index contributed by atoms with van der Waals surface area (Å²) in [6, 6.07) is 10.9. The van der Waals surface area contributed by atoms with Gasteiger partial charge in [0.15, 0.2) is 0 Å². The van der Waals surface area contributed by atoms with Crippen molar-refractivity contribution in [2.45, 2.75) is 51.6 Å². The van der Waals surface area contributed by atoms with Crippen molar-refractivity contribution in [2.75, 3.05) is 32.7 Å². The standard InChI is InChI=1S/C25H35N5O/c1-20-4-2-6-23(28-20)19-29-14-10-24(11-15-29)30-16-8-22(9-17-30)25(31)27-13-7-21-5-3-12-26-18-21/h2-6,12,18,22,24H,7-11,13-17,19H2,1H3,(H,27,31). The number of nitrogens with one attached hydrogen (secondary N) is 1. The third-order valence-electron chi connectivity index (χ3n) is 6.74. The number of pyridine rings is 2. The first-order chi connectivity index (χ1) is 15.2. The summed E-state index contributed by atoms with van der Waals surface area (Å²) >= 11 is 0. The molecule has 6 heteroatoms. The predicted molar refractivity (Wildman–Crippen MR) is 123 cm³/mol. The lowest BCUT2D eigenvalue weighted by atomic mass is 9.92. The highest BCUT2D eigenvalue weighted by Gasteiger charge is 2.30. The Morgan fingerprint density at radius 2 is 1.87 bits per heavy atom. The van der Waals surface area contributed by atoms with Crippen molar-refractivity contribution < 1.29 is 4.79 Å². The summed E-state index contributed by atoms with van der Waals surface area (Å²) in [5, 5.41) is 3.13. The van der Waals surface area contributed by atoms with Crippen LogP contribution in [0.3, 0.4) is 0 Å². The minimum atomic E-state index is 0.164. The molecule has 0 aromatic carbocycles. The van der Waals surface area contributed by atoms with Crippen molar-refractivity contribution in [3.05, 3.63) is 59.7 Å². The monoisotopic (exact) mass is 421 g/mol. The summed E-state index contributed by atoms with van der Waals surface area (Å²) in [5.74, 6) is 0.390. The molecule has 0 aliphatic carbocycles. The van der Waals surface area contributed by atoms with Crippen molar-refractivity contribution in [1.82, 2.24) is 25.1 Å². The molecule has 4 heterocycles. The number of carbonyl (C=O) groups is 1. The van der Waals surface area contributed by atoms with Gasteiger partial charge in [0.1, 0.15) is 0 Å². The van der Waals surface area contributed by atoms with E-state index in [1.807, 2.05) is 12.3 Å². The molecule has 0 saturated carbocycles. The molecule has 4 rings (SSSR count). The minimum absolute atomic E-state index is 0.164. The van der Waals surface area contributed by atoms with Gasteiger partial charge < -0.3 is 10.2 Å². The van der Waals surface area contributed by atoms with E-state index in [1.165, 1.54) is 24.1 Å². The summed E-state index contributed by atoms with van der Waals surface area (Å²) in [7, 11) is 0. The quantitative estimate of drug-likeness (QED) is 0.745. The maximum absolute atomic E-state index is 12.6. The molecule has 0 unspecified atom stereocenters. The Balaban J connectivity index is 1.14. The summed E-state index contributed by atoms with van der Waals surface area (Å²) in [4.78, 5) is 26.5. The molecule has 1 amide bonds. The fraction of sp³-hybridized carbons (Fsp3) is 0.560. The average Bonchev–Trinajstić information content (AvgIpc) is 2.80. The zero-order valence-electron chi connectivity index (χ0n) is 18.7. The molecule has 2 aliphatic rings. The second-order valence-electron chi connectivity index (χ2n) is 8.99. The topological polar surface area (TPSA) is 61.4 Å². The Morgan fingerprint density at radius 1 is 1.06 bits per heavy atom. The number of piperidine rings is 2. The third kappa shape index (κ3) is 6.34. The summed E-state index contributed by atoms with van der Waals surface area (Å²) < 4.78 is 0. The molecule has 2 fully saturated rings. The number of carbonyl (C=O) groups excluding carboxylic acids is 1. The largest absolute Gasteiger partial charge is 0.356 e. The maximum atomic E-state index is 12.6. The first-order valence-electron chi connectivity index (χ1n) is 11.7. The van der Waals surface area contributed by atoms with Gasteiger partial charge in [-0.1, -0.05) is 12.1 Å². The van der Waals surface area contributed by atoms with E-state index in [0.717, 1.165) is 57.7 Å². The van der Waals surface area contributed by atoms with Gasteiger partial charge in [0.05, 0.1) is 5.69 Å². The number of hydrogen-bond acceptors (Lipinski definition) is 5.